The van der Waals surface area contributed by atoms with E-state index < -0.39 is 17.5 Å². The Hall–Kier alpha value is -1.49. The summed E-state index contributed by atoms with van der Waals surface area (Å²) >= 11 is 0. The summed E-state index contributed by atoms with van der Waals surface area (Å²) in [6.45, 7) is 0.877. The van der Waals surface area contributed by atoms with Crippen molar-refractivity contribution in [1.29, 1.82) is 0 Å². The van der Waals surface area contributed by atoms with Crippen molar-refractivity contribution in [3.8, 4) is 0 Å². The summed E-state index contributed by atoms with van der Waals surface area (Å²) < 4.78 is 26.2. The van der Waals surface area contributed by atoms with Gasteiger partial charge >= 0.3 is 0 Å². The number of halogens is 2. The zero-order valence-corrected chi connectivity index (χ0v) is 11.2. The van der Waals surface area contributed by atoms with Gasteiger partial charge in [0.25, 0.3) is 5.91 Å². The number of nitrogens with one attached hydrogen (secondary N) is 2. The first-order valence-electron chi connectivity index (χ1n) is 7.08. The van der Waals surface area contributed by atoms with Crippen molar-refractivity contribution in [2.75, 3.05) is 6.54 Å². The van der Waals surface area contributed by atoms with Crippen LogP contribution in [0.1, 0.15) is 42.5 Å². The zero-order valence-electron chi connectivity index (χ0n) is 11.2. The highest BCUT2D eigenvalue weighted by Gasteiger charge is 2.41. The van der Waals surface area contributed by atoms with E-state index in [1.54, 1.807) is 0 Å². The SMILES string of the molecule is O=C(NC1CCNC2(CCC2)C1)c1cc(F)cc(F)c1. The summed E-state index contributed by atoms with van der Waals surface area (Å²) in [5.41, 5.74) is 0.229. The summed E-state index contributed by atoms with van der Waals surface area (Å²) in [7, 11) is 0. The standard InChI is InChI=1S/C15H18F2N2O/c16-11-6-10(7-12(17)8-11)14(20)19-13-2-5-18-15(9-13)3-1-4-15/h6-8,13,18H,1-5,9H2,(H,19,20). The molecule has 1 amide bonds. The lowest BCUT2D eigenvalue weighted by atomic mass is 9.70. The number of carbonyl (C=O) groups is 1. The van der Waals surface area contributed by atoms with Crippen LogP contribution < -0.4 is 10.6 Å². The summed E-state index contributed by atoms with van der Waals surface area (Å²) in [5, 5.41) is 6.42. The van der Waals surface area contributed by atoms with Gasteiger partial charge in [0, 0.05) is 23.2 Å². The second kappa shape index (κ2) is 5.13. The molecule has 1 atom stereocenters. The predicted octanol–water partition coefficient (Wildman–Crippen LogP) is 2.37. The van der Waals surface area contributed by atoms with Gasteiger partial charge in [0.15, 0.2) is 0 Å². The predicted molar refractivity (Wildman–Crippen MR) is 71.4 cm³/mol. The Labute approximate surface area is 116 Å². The average Bonchev–Trinajstić information content (AvgIpc) is 2.36. The van der Waals surface area contributed by atoms with Crippen LogP contribution in [-0.2, 0) is 0 Å². The minimum Gasteiger partial charge on any atom is -0.349 e. The van der Waals surface area contributed by atoms with E-state index in [4.69, 9.17) is 0 Å². The second-order valence-electron chi connectivity index (χ2n) is 5.88. The molecule has 1 unspecified atom stereocenters. The molecule has 2 aliphatic rings. The molecule has 3 rings (SSSR count). The van der Waals surface area contributed by atoms with Crippen LogP contribution in [0.25, 0.3) is 0 Å². The lowest BCUT2D eigenvalue weighted by Crippen LogP contribution is -2.59. The van der Waals surface area contributed by atoms with Gasteiger partial charge in [0.1, 0.15) is 11.6 Å². The number of hydrogen-bond donors (Lipinski definition) is 2. The molecule has 1 aromatic rings. The summed E-state index contributed by atoms with van der Waals surface area (Å²) in [6.07, 6.45) is 5.27. The number of benzene rings is 1. The highest BCUT2D eigenvalue weighted by atomic mass is 19.1. The van der Waals surface area contributed by atoms with Crippen LogP contribution in [0.4, 0.5) is 8.78 Å². The van der Waals surface area contributed by atoms with Crippen LogP contribution in [0.15, 0.2) is 18.2 Å². The third-order valence-electron chi connectivity index (χ3n) is 4.40. The van der Waals surface area contributed by atoms with Crippen molar-refractivity contribution in [3.63, 3.8) is 0 Å². The number of amides is 1. The topological polar surface area (TPSA) is 41.1 Å². The van der Waals surface area contributed by atoms with Gasteiger partial charge in [0.2, 0.25) is 0 Å². The Balaban J connectivity index is 1.66. The molecule has 1 aromatic carbocycles. The van der Waals surface area contributed by atoms with Crippen molar-refractivity contribution in [2.45, 2.75) is 43.7 Å². The Kier molecular flexibility index (Phi) is 3.46. The maximum atomic E-state index is 13.1. The Morgan fingerprint density at radius 2 is 1.95 bits per heavy atom. The molecule has 0 bridgehead atoms. The Morgan fingerprint density at radius 3 is 2.55 bits per heavy atom. The van der Waals surface area contributed by atoms with Gasteiger partial charge in [-0.15, -0.1) is 0 Å². The maximum absolute atomic E-state index is 13.1. The van der Waals surface area contributed by atoms with E-state index in [0.29, 0.717) is 0 Å². The second-order valence-corrected chi connectivity index (χ2v) is 5.88. The van der Waals surface area contributed by atoms with Crippen LogP contribution >= 0.6 is 0 Å². The molecule has 1 saturated carbocycles. The normalized spacial score (nSPS) is 24.2. The van der Waals surface area contributed by atoms with Gasteiger partial charge in [-0.25, -0.2) is 8.78 Å². The molecule has 2 fully saturated rings. The van der Waals surface area contributed by atoms with Gasteiger partial charge < -0.3 is 10.6 Å². The van der Waals surface area contributed by atoms with E-state index in [-0.39, 0.29) is 17.1 Å². The van der Waals surface area contributed by atoms with Crippen LogP contribution in [0.5, 0.6) is 0 Å². The molecule has 1 spiro atoms. The van der Waals surface area contributed by atoms with Crippen LogP contribution in [0, 0.1) is 11.6 Å². The zero-order chi connectivity index (χ0) is 14.2. The van der Waals surface area contributed by atoms with Crippen LogP contribution in [-0.4, -0.2) is 24.0 Å². The first-order chi connectivity index (χ1) is 9.56. The first-order valence-corrected chi connectivity index (χ1v) is 7.08. The van der Waals surface area contributed by atoms with Crippen molar-refractivity contribution < 1.29 is 13.6 Å². The summed E-state index contributed by atoms with van der Waals surface area (Å²) in [5.74, 6) is -1.85. The van der Waals surface area contributed by atoms with Crippen LogP contribution in [0.2, 0.25) is 0 Å². The van der Waals surface area contributed by atoms with Gasteiger partial charge in [0.05, 0.1) is 0 Å². The lowest BCUT2D eigenvalue weighted by molar-refractivity contribution is 0.0852. The van der Waals surface area contributed by atoms with E-state index in [0.717, 1.165) is 50.4 Å². The molecule has 20 heavy (non-hydrogen) atoms. The smallest absolute Gasteiger partial charge is 0.251 e. The number of rotatable bonds is 2. The van der Waals surface area contributed by atoms with Crippen LogP contribution in [0.3, 0.4) is 0 Å². The average molecular weight is 280 g/mol. The van der Waals surface area contributed by atoms with Gasteiger partial charge in [-0.2, -0.15) is 0 Å². The molecule has 1 heterocycles. The third kappa shape index (κ3) is 2.68. The number of piperidine rings is 1. The minimum absolute atomic E-state index is 0.0451. The molecule has 5 heteroatoms. The molecule has 1 aliphatic carbocycles. The monoisotopic (exact) mass is 280 g/mol. The van der Waals surface area contributed by atoms with E-state index in [9.17, 15) is 13.6 Å². The molecular formula is C15H18F2N2O. The molecule has 3 nitrogen and oxygen atoms in total. The molecule has 1 aliphatic heterocycles. The fourth-order valence-electron chi connectivity index (χ4n) is 3.22. The maximum Gasteiger partial charge on any atom is 0.251 e. The Bertz CT molecular complexity index is 508. The molecule has 1 saturated heterocycles. The van der Waals surface area contributed by atoms with Gasteiger partial charge in [-0.05, 0) is 50.8 Å². The van der Waals surface area contributed by atoms with Crippen molar-refractivity contribution in [1.82, 2.24) is 10.6 Å². The first kappa shape index (κ1) is 13.5. The van der Waals surface area contributed by atoms with E-state index in [1.807, 2.05) is 0 Å². The molecular weight excluding hydrogens is 262 g/mol. The fraction of sp³-hybridized carbons (Fsp3) is 0.533. The molecule has 0 aromatic heterocycles. The largest absolute Gasteiger partial charge is 0.349 e. The van der Waals surface area contributed by atoms with Gasteiger partial charge in [-0.1, -0.05) is 0 Å². The highest BCUT2D eigenvalue weighted by molar-refractivity contribution is 5.94. The number of carbonyl (C=O) groups excluding carboxylic acids is 1. The van der Waals surface area contributed by atoms with Crippen molar-refractivity contribution in [2.24, 2.45) is 0 Å². The van der Waals surface area contributed by atoms with Crippen molar-refractivity contribution in [3.05, 3.63) is 35.4 Å². The minimum atomic E-state index is -0.726. The Morgan fingerprint density at radius 1 is 1.25 bits per heavy atom. The van der Waals surface area contributed by atoms with Gasteiger partial charge in [-0.3, -0.25) is 4.79 Å². The lowest BCUT2D eigenvalue weighted by Gasteiger charge is -2.48. The molecule has 2 N–H and O–H groups in total. The molecule has 0 radical (unpaired) electrons. The summed E-state index contributed by atoms with van der Waals surface area (Å²) in [6, 6.07) is 2.98. The summed E-state index contributed by atoms with van der Waals surface area (Å²) in [4.78, 5) is 12.1. The van der Waals surface area contributed by atoms with Crippen molar-refractivity contribution >= 4 is 5.91 Å². The number of hydrogen-bond acceptors (Lipinski definition) is 2. The third-order valence-corrected chi connectivity index (χ3v) is 4.40. The van der Waals surface area contributed by atoms with E-state index >= 15 is 0 Å². The quantitative estimate of drug-likeness (QED) is 0.873. The van der Waals surface area contributed by atoms with E-state index in [1.165, 1.54) is 6.42 Å². The van der Waals surface area contributed by atoms with E-state index in [2.05, 4.69) is 10.6 Å². The highest BCUT2D eigenvalue weighted by Crippen LogP contribution is 2.38. The fourth-order valence-corrected chi connectivity index (χ4v) is 3.22. The molecule has 108 valence electrons.